The zero-order chi connectivity index (χ0) is 25.7. The molecule has 1 aromatic heterocycles. The van der Waals surface area contributed by atoms with Crippen molar-refractivity contribution in [3.8, 4) is 5.69 Å². The third kappa shape index (κ3) is 6.25. The number of amides is 1. The fourth-order valence-electron chi connectivity index (χ4n) is 5.04. The van der Waals surface area contributed by atoms with Crippen LogP contribution in [0.5, 0.6) is 0 Å². The number of aromatic nitrogens is 3. The van der Waals surface area contributed by atoms with Gasteiger partial charge in [0.1, 0.15) is 5.82 Å². The van der Waals surface area contributed by atoms with Gasteiger partial charge in [-0.3, -0.25) is 4.79 Å². The first-order valence-electron chi connectivity index (χ1n) is 13.1. The Morgan fingerprint density at radius 3 is 2.30 bits per heavy atom. The Labute approximate surface area is 222 Å². The van der Waals surface area contributed by atoms with Crippen LogP contribution in [0.3, 0.4) is 0 Å². The molecule has 1 amide bonds. The molecule has 1 saturated carbocycles. The first-order chi connectivity index (χ1) is 18.0. The Balaban J connectivity index is 1.22. The van der Waals surface area contributed by atoms with Crippen LogP contribution in [0.25, 0.3) is 5.69 Å². The molecule has 0 bridgehead atoms. The standard InChI is InChI=1S/C27H33N5O3S2/c33-25(28-22-14-16-24(17-15-22)37(34,35)31-18-8-3-9-19-31)20-36-27-29-26(21-10-4-1-5-11-21)32(30-27)23-12-6-2-7-13-23/h2,6-7,12-17,21H,1,3-5,8-11,18-20H2,(H,28,33). The van der Waals surface area contributed by atoms with E-state index in [1.165, 1.54) is 31.0 Å². The zero-order valence-corrected chi connectivity index (χ0v) is 22.5. The lowest BCUT2D eigenvalue weighted by Gasteiger charge is -2.25. The summed E-state index contributed by atoms with van der Waals surface area (Å²) in [5.41, 5.74) is 1.54. The number of para-hydroxylation sites is 1. The van der Waals surface area contributed by atoms with Gasteiger partial charge in [0.25, 0.3) is 0 Å². The molecule has 0 spiro atoms. The minimum atomic E-state index is -3.49. The van der Waals surface area contributed by atoms with E-state index >= 15 is 0 Å². The van der Waals surface area contributed by atoms with Crippen LogP contribution in [-0.4, -0.2) is 52.2 Å². The Morgan fingerprint density at radius 2 is 1.59 bits per heavy atom. The van der Waals surface area contributed by atoms with Gasteiger partial charge in [0.2, 0.25) is 21.1 Å². The summed E-state index contributed by atoms with van der Waals surface area (Å²) in [7, 11) is -3.49. The topological polar surface area (TPSA) is 97.2 Å². The van der Waals surface area contributed by atoms with Gasteiger partial charge in [0.05, 0.1) is 16.3 Å². The van der Waals surface area contributed by atoms with E-state index < -0.39 is 10.0 Å². The van der Waals surface area contributed by atoms with Gasteiger partial charge in [-0.25, -0.2) is 18.1 Å². The van der Waals surface area contributed by atoms with E-state index in [0.717, 1.165) is 43.6 Å². The summed E-state index contributed by atoms with van der Waals surface area (Å²) in [6.07, 6.45) is 8.75. The number of hydrogen-bond acceptors (Lipinski definition) is 6. The summed E-state index contributed by atoms with van der Waals surface area (Å²) in [6.45, 7) is 1.13. The molecule has 10 heteroatoms. The third-order valence-electron chi connectivity index (χ3n) is 7.01. The van der Waals surface area contributed by atoms with E-state index in [4.69, 9.17) is 10.1 Å². The van der Waals surface area contributed by atoms with Crippen molar-refractivity contribution in [3.05, 3.63) is 60.4 Å². The number of hydrogen-bond donors (Lipinski definition) is 1. The second-order valence-corrected chi connectivity index (χ2v) is 12.5. The molecule has 2 heterocycles. The number of rotatable bonds is 8. The SMILES string of the molecule is O=C(CSc1nc(C2CCCCC2)n(-c2ccccc2)n1)Nc1ccc(S(=O)(=O)N2CCCCC2)cc1. The van der Waals surface area contributed by atoms with Crippen molar-refractivity contribution < 1.29 is 13.2 Å². The molecule has 1 aliphatic heterocycles. The predicted molar refractivity (Wildman–Crippen MR) is 146 cm³/mol. The summed E-state index contributed by atoms with van der Waals surface area (Å²) in [4.78, 5) is 17.8. The van der Waals surface area contributed by atoms with Gasteiger partial charge < -0.3 is 5.32 Å². The molecule has 5 rings (SSSR count). The fraction of sp³-hybridized carbons (Fsp3) is 0.444. The lowest BCUT2D eigenvalue weighted by Crippen LogP contribution is -2.35. The highest BCUT2D eigenvalue weighted by Gasteiger charge is 2.26. The number of thioether (sulfide) groups is 1. The van der Waals surface area contributed by atoms with Crippen LogP contribution in [0, 0.1) is 0 Å². The number of anilines is 1. The highest BCUT2D eigenvalue weighted by atomic mass is 32.2. The summed E-state index contributed by atoms with van der Waals surface area (Å²) in [5.74, 6) is 1.33. The molecular weight excluding hydrogens is 506 g/mol. The first kappa shape index (κ1) is 25.9. The van der Waals surface area contributed by atoms with Crippen LogP contribution in [0.1, 0.15) is 63.1 Å². The molecule has 0 atom stereocenters. The quantitative estimate of drug-likeness (QED) is 0.394. The van der Waals surface area contributed by atoms with E-state index in [2.05, 4.69) is 5.32 Å². The molecule has 0 unspecified atom stereocenters. The zero-order valence-electron chi connectivity index (χ0n) is 20.9. The number of nitrogens with one attached hydrogen (secondary N) is 1. The minimum absolute atomic E-state index is 0.163. The number of carbonyl (C=O) groups excluding carboxylic acids is 1. The summed E-state index contributed by atoms with van der Waals surface area (Å²) < 4.78 is 29.2. The molecule has 196 valence electrons. The van der Waals surface area contributed by atoms with Crippen molar-refractivity contribution in [3.63, 3.8) is 0 Å². The van der Waals surface area contributed by atoms with Crippen molar-refractivity contribution in [2.24, 2.45) is 0 Å². The molecule has 2 aromatic carbocycles. The molecule has 1 N–H and O–H groups in total. The Bertz CT molecular complexity index is 1300. The number of sulfonamides is 1. The van der Waals surface area contributed by atoms with Crippen LogP contribution in [0.15, 0.2) is 64.6 Å². The highest BCUT2D eigenvalue weighted by molar-refractivity contribution is 7.99. The van der Waals surface area contributed by atoms with Gasteiger partial charge in [0.15, 0.2) is 0 Å². The van der Waals surface area contributed by atoms with Gasteiger partial charge in [-0.2, -0.15) is 4.31 Å². The lowest BCUT2D eigenvalue weighted by molar-refractivity contribution is -0.113. The molecular formula is C27H33N5O3S2. The van der Waals surface area contributed by atoms with Gasteiger partial charge in [-0.05, 0) is 62.1 Å². The Morgan fingerprint density at radius 1 is 0.919 bits per heavy atom. The molecule has 2 fully saturated rings. The largest absolute Gasteiger partial charge is 0.325 e. The third-order valence-corrected chi connectivity index (χ3v) is 9.76. The van der Waals surface area contributed by atoms with Crippen molar-refractivity contribution in [2.45, 2.75) is 67.3 Å². The average molecular weight is 540 g/mol. The maximum absolute atomic E-state index is 12.8. The fourth-order valence-corrected chi connectivity index (χ4v) is 7.19. The maximum Gasteiger partial charge on any atom is 0.243 e. The van der Waals surface area contributed by atoms with Crippen LogP contribution in [0.2, 0.25) is 0 Å². The van der Waals surface area contributed by atoms with Crippen LogP contribution in [-0.2, 0) is 14.8 Å². The highest BCUT2D eigenvalue weighted by Crippen LogP contribution is 2.33. The van der Waals surface area contributed by atoms with Gasteiger partial charge in [0, 0.05) is 24.7 Å². The number of benzene rings is 2. The first-order valence-corrected chi connectivity index (χ1v) is 15.5. The van der Waals surface area contributed by atoms with E-state index in [1.54, 1.807) is 28.6 Å². The Hall–Kier alpha value is -2.69. The smallest absolute Gasteiger partial charge is 0.243 e. The van der Waals surface area contributed by atoms with E-state index in [9.17, 15) is 13.2 Å². The molecule has 1 aliphatic carbocycles. The number of nitrogens with zero attached hydrogens (tertiary/aromatic N) is 4. The normalized spacial score (nSPS) is 17.5. The molecule has 8 nitrogen and oxygen atoms in total. The van der Waals surface area contributed by atoms with E-state index in [-0.39, 0.29) is 16.6 Å². The Kier molecular flexibility index (Phi) is 8.26. The van der Waals surface area contributed by atoms with Crippen molar-refractivity contribution in [2.75, 3.05) is 24.2 Å². The molecule has 3 aromatic rings. The number of piperidine rings is 1. The summed E-state index contributed by atoms with van der Waals surface area (Å²) in [5, 5.41) is 8.18. The summed E-state index contributed by atoms with van der Waals surface area (Å²) in [6, 6.07) is 16.4. The van der Waals surface area contributed by atoms with Crippen molar-refractivity contribution in [1.29, 1.82) is 0 Å². The average Bonchev–Trinajstić information content (AvgIpc) is 3.38. The lowest BCUT2D eigenvalue weighted by atomic mass is 9.88. The summed E-state index contributed by atoms with van der Waals surface area (Å²) >= 11 is 1.31. The molecule has 0 radical (unpaired) electrons. The predicted octanol–water partition coefficient (Wildman–Crippen LogP) is 5.22. The van der Waals surface area contributed by atoms with Crippen LogP contribution < -0.4 is 5.32 Å². The van der Waals surface area contributed by atoms with Gasteiger partial charge >= 0.3 is 0 Å². The van der Waals surface area contributed by atoms with Crippen molar-refractivity contribution >= 4 is 33.4 Å². The van der Waals surface area contributed by atoms with Crippen molar-refractivity contribution in [1.82, 2.24) is 19.1 Å². The minimum Gasteiger partial charge on any atom is -0.325 e. The second kappa shape index (κ2) is 11.8. The van der Waals surface area contributed by atoms with E-state index in [1.807, 2.05) is 35.0 Å². The number of carbonyl (C=O) groups is 1. The second-order valence-electron chi connectivity index (χ2n) is 9.66. The molecule has 1 saturated heterocycles. The van der Waals surface area contributed by atoms with E-state index in [0.29, 0.717) is 29.9 Å². The molecule has 37 heavy (non-hydrogen) atoms. The maximum atomic E-state index is 12.8. The van der Waals surface area contributed by atoms with Crippen LogP contribution >= 0.6 is 11.8 Å². The monoisotopic (exact) mass is 539 g/mol. The van der Waals surface area contributed by atoms with Gasteiger partial charge in [-0.1, -0.05) is 55.6 Å². The molecule has 2 aliphatic rings. The van der Waals surface area contributed by atoms with Gasteiger partial charge in [-0.15, -0.1) is 5.10 Å². The van der Waals surface area contributed by atoms with Crippen LogP contribution in [0.4, 0.5) is 5.69 Å².